The highest BCUT2D eigenvalue weighted by Crippen LogP contribution is 2.65. The smallest absolute Gasteiger partial charge is 0.201 e. The van der Waals surface area contributed by atoms with E-state index in [2.05, 4.69) is 13.8 Å². The molecule has 5 heteroatoms. The van der Waals surface area contributed by atoms with Gasteiger partial charge in [0.25, 0.3) is 0 Å². The number of hydrogen-bond donors (Lipinski definition) is 1. The zero-order valence-electron chi connectivity index (χ0n) is 13.3. The van der Waals surface area contributed by atoms with Gasteiger partial charge in [-0.05, 0) is 38.0 Å². The second-order valence-electron chi connectivity index (χ2n) is 7.94. The van der Waals surface area contributed by atoms with Crippen LogP contribution in [0, 0.1) is 23.2 Å². The summed E-state index contributed by atoms with van der Waals surface area (Å²) in [6.07, 6.45) is 2.58. The molecule has 0 aromatic heterocycles. The van der Waals surface area contributed by atoms with Gasteiger partial charge in [-0.25, -0.2) is 9.78 Å². The summed E-state index contributed by atoms with van der Waals surface area (Å²) in [7, 11) is 0. The Labute approximate surface area is 125 Å². The van der Waals surface area contributed by atoms with Gasteiger partial charge in [-0.1, -0.05) is 20.8 Å². The Balaban J connectivity index is 1.88. The first-order valence-corrected chi connectivity index (χ1v) is 8.21. The third-order valence-electron chi connectivity index (χ3n) is 6.92. The van der Waals surface area contributed by atoms with Gasteiger partial charge in [0.15, 0.2) is 18.2 Å². The van der Waals surface area contributed by atoms with E-state index in [-0.39, 0.29) is 11.3 Å². The van der Waals surface area contributed by atoms with Crippen molar-refractivity contribution in [3.63, 3.8) is 0 Å². The van der Waals surface area contributed by atoms with Gasteiger partial charge in [-0.3, -0.25) is 0 Å². The molecular weight excluding hydrogens is 272 g/mol. The van der Waals surface area contributed by atoms with Gasteiger partial charge < -0.3 is 14.6 Å². The first kappa shape index (κ1) is 14.4. The topological polar surface area (TPSA) is 57.2 Å². The molecule has 5 fully saturated rings. The monoisotopic (exact) mass is 298 g/mol. The van der Waals surface area contributed by atoms with Crippen molar-refractivity contribution in [1.82, 2.24) is 0 Å². The lowest BCUT2D eigenvalue weighted by molar-refractivity contribution is -0.586. The molecule has 0 unspecified atom stereocenters. The minimum absolute atomic E-state index is 0.0154. The fourth-order valence-electron chi connectivity index (χ4n) is 5.19. The van der Waals surface area contributed by atoms with Crippen molar-refractivity contribution in [1.29, 1.82) is 0 Å². The van der Waals surface area contributed by atoms with E-state index in [9.17, 15) is 5.11 Å². The number of fused-ring (bicyclic) bond motifs is 2. The van der Waals surface area contributed by atoms with E-state index in [1.54, 1.807) is 0 Å². The van der Waals surface area contributed by atoms with Crippen molar-refractivity contribution in [2.45, 2.75) is 77.3 Å². The Kier molecular flexibility index (Phi) is 2.88. The Hall–Kier alpha value is -0.200. The van der Waals surface area contributed by atoms with E-state index in [4.69, 9.17) is 19.2 Å². The average molecular weight is 298 g/mol. The fraction of sp³-hybridized carbons (Fsp3) is 1.00. The summed E-state index contributed by atoms with van der Waals surface area (Å²) < 4.78 is 12.0. The number of aliphatic hydroxyl groups excluding tert-OH is 1. The quantitative estimate of drug-likeness (QED) is 0.697. The van der Waals surface area contributed by atoms with Crippen LogP contribution in [0.2, 0.25) is 0 Å². The third kappa shape index (κ3) is 1.59. The molecule has 1 aliphatic carbocycles. The molecule has 0 aromatic rings. The summed E-state index contributed by atoms with van der Waals surface area (Å²) in [5, 5.41) is 10.4. The van der Waals surface area contributed by atoms with E-state index in [1.807, 2.05) is 13.8 Å². The molecule has 1 spiro atoms. The Morgan fingerprint density at radius 3 is 2.57 bits per heavy atom. The van der Waals surface area contributed by atoms with E-state index >= 15 is 0 Å². The fourth-order valence-corrected chi connectivity index (χ4v) is 5.19. The van der Waals surface area contributed by atoms with Crippen LogP contribution in [0.5, 0.6) is 0 Å². The Morgan fingerprint density at radius 1 is 1.05 bits per heavy atom. The van der Waals surface area contributed by atoms with Crippen LogP contribution in [0.25, 0.3) is 0 Å². The summed E-state index contributed by atoms with van der Waals surface area (Å²) in [4.78, 5) is 11.8. The molecule has 120 valence electrons. The van der Waals surface area contributed by atoms with E-state index in [0.717, 1.165) is 25.7 Å². The number of aliphatic hydroxyl groups is 1. The molecule has 8 atom stereocenters. The lowest BCUT2D eigenvalue weighted by Gasteiger charge is -2.64. The highest BCUT2D eigenvalue weighted by atomic mass is 17.3. The lowest BCUT2D eigenvalue weighted by Crippen LogP contribution is -2.74. The molecule has 4 saturated heterocycles. The summed E-state index contributed by atoms with van der Waals surface area (Å²) in [5.41, 5.74) is -0.822. The molecule has 0 radical (unpaired) electrons. The number of ether oxygens (including phenoxy) is 2. The molecular formula is C16H26O5. The SMILES string of the molecule is C[C@@H]1[C@@H](O)O[C@H]2O[C@]3(C)CC[C@@H]4[C@@H](C)CC[C@@]1(C)[C@]24OO3. The van der Waals surface area contributed by atoms with Gasteiger partial charge >= 0.3 is 0 Å². The minimum Gasteiger partial charge on any atom is -0.368 e. The zero-order chi connectivity index (χ0) is 15.0. The first-order valence-electron chi connectivity index (χ1n) is 8.21. The van der Waals surface area contributed by atoms with Gasteiger partial charge in [-0.15, -0.1) is 0 Å². The van der Waals surface area contributed by atoms with Gasteiger partial charge in [0, 0.05) is 17.8 Å². The van der Waals surface area contributed by atoms with Crippen molar-refractivity contribution in [2.24, 2.45) is 23.2 Å². The summed E-state index contributed by atoms with van der Waals surface area (Å²) in [6.45, 7) is 8.43. The summed E-state index contributed by atoms with van der Waals surface area (Å²) in [6, 6.07) is 0. The van der Waals surface area contributed by atoms with Crippen LogP contribution in [0.4, 0.5) is 0 Å². The predicted octanol–water partition coefficient (Wildman–Crippen LogP) is 2.58. The molecule has 0 amide bonds. The molecule has 21 heavy (non-hydrogen) atoms. The molecule has 5 nitrogen and oxygen atoms in total. The summed E-state index contributed by atoms with van der Waals surface area (Å²) >= 11 is 0. The molecule has 5 rings (SSSR count). The van der Waals surface area contributed by atoms with Crippen molar-refractivity contribution in [3.05, 3.63) is 0 Å². The first-order chi connectivity index (χ1) is 9.82. The maximum Gasteiger partial charge on any atom is 0.201 e. The van der Waals surface area contributed by atoms with E-state index in [1.165, 1.54) is 0 Å². The number of hydrogen-bond acceptors (Lipinski definition) is 5. The van der Waals surface area contributed by atoms with Gasteiger partial charge in [0.1, 0.15) is 0 Å². The highest BCUT2D eigenvalue weighted by molar-refractivity contribution is 5.14. The van der Waals surface area contributed by atoms with Crippen LogP contribution in [0.15, 0.2) is 0 Å². The predicted molar refractivity (Wildman–Crippen MR) is 73.7 cm³/mol. The van der Waals surface area contributed by atoms with E-state index < -0.39 is 24.0 Å². The Morgan fingerprint density at radius 2 is 1.81 bits per heavy atom. The van der Waals surface area contributed by atoms with Crippen LogP contribution in [-0.4, -0.2) is 29.1 Å². The third-order valence-corrected chi connectivity index (χ3v) is 6.92. The van der Waals surface area contributed by atoms with Gasteiger partial charge in [0.2, 0.25) is 5.79 Å². The zero-order valence-corrected chi connectivity index (χ0v) is 13.3. The second-order valence-corrected chi connectivity index (χ2v) is 7.94. The molecule has 4 heterocycles. The number of rotatable bonds is 0. The van der Waals surface area contributed by atoms with Crippen molar-refractivity contribution in [2.75, 3.05) is 0 Å². The van der Waals surface area contributed by atoms with Gasteiger partial charge in [-0.2, -0.15) is 0 Å². The van der Waals surface area contributed by atoms with Crippen molar-refractivity contribution < 1.29 is 24.4 Å². The molecule has 5 aliphatic rings. The lowest BCUT2D eigenvalue weighted by atomic mass is 9.50. The normalized spacial score (nSPS) is 63.0. The minimum atomic E-state index is -0.814. The van der Waals surface area contributed by atoms with Crippen LogP contribution in [0.3, 0.4) is 0 Å². The maximum atomic E-state index is 10.4. The Bertz CT molecular complexity index is 456. The largest absolute Gasteiger partial charge is 0.368 e. The van der Waals surface area contributed by atoms with Crippen LogP contribution in [0.1, 0.15) is 53.4 Å². The average Bonchev–Trinajstić information content (AvgIpc) is 2.67. The maximum absolute atomic E-state index is 10.4. The molecule has 2 bridgehead atoms. The summed E-state index contributed by atoms with van der Waals surface area (Å²) in [5.74, 6) is 0.0898. The molecule has 1 N–H and O–H groups in total. The second kappa shape index (κ2) is 4.20. The standard InChI is InChI=1S/C16H26O5/c1-9-5-7-14(3)10(2)12(17)18-13-16(14)11(9)6-8-15(4,19-13)20-21-16/h9-13,17H,5-8H2,1-4H3/t9-,10+,11+,12-,13-,14+,15-,16+/m0/s1. The molecule has 0 aromatic carbocycles. The molecule has 4 aliphatic heterocycles. The van der Waals surface area contributed by atoms with Crippen LogP contribution in [-0.2, 0) is 19.2 Å². The highest BCUT2D eigenvalue weighted by Gasteiger charge is 2.74. The molecule has 1 saturated carbocycles. The van der Waals surface area contributed by atoms with Crippen molar-refractivity contribution in [3.8, 4) is 0 Å². The van der Waals surface area contributed by atoms with E-state index in [0.29, 0.717) is 11.8 Å². The van der Waals surface area contributed by atoms with Crippen LogP contribution < -0.4 is 0 Å². The van der Waals surface area contributed by atoms with Gasteiger partial charge in [0.05, 0.1) is 0 Å². The van der Waals surface area contributed by atoms with Crippen molar-refractivity contribution >= 4 is 0 Å². The van der Waals surface area contributed by atoms with Crippen LogP contribution >= 0.6 is 0 Å².